The molecule has 0 amide bonds. The molecule has 0 saturated carbocycles. The van der Waals surface area contributed by atoms with Crippen molar-refractivity contribution in [3.63, 3.8) is 0 Å². The molecule has 1 aromatic heterocycles. The first kappa shape index (κ1) is 40.1. The van der Waals surface area contributed by atoms with Crippen molar-refractivity contribution in [1.29, 1.82) is 0 Å². The molecule has 0 radical (unpaired) electrons. The molecule has 13 aromatic rings. The molecule has 1 spiro atoms. The molecule has 1 nitrogen and oxygen atoms in total. The number of hydrogen-bond acceptors (Lipinski definition) is 2. The Morgan fingerprint density at radius 3 is 1.35 bits per heavy atom. The fourth-order valence-electron chi connectivity index (χ4n) is 12.2. The second kappa shape index (κ2) is 15.6. The molecular weight excluding hydrogens is 875 g/mol. The highest BCUT2D eigenvalue weighted by atomic mass is 32.1. The molecule has 71 heavy (non-hydrogen) atoms. The third kappa shape index (κ3) is 6.05. The monoisotopic (exact) mass is 917 g/mol. The van der Waals surface area contributed by atoms with Crippen LogP contribution in [0.2, 0.25) is 0 Å². The van der Waals surface area contributed by atoms with Crippen LogP contribution in [0.25, 0.3) is 97.4 Å². The molecule has 0 fully saturated rings. The lowest BCUT2D eigenvalue weighted by atomic mass is 9.70. The van der Waals surface area contributed by atoms with Crippen LogP contribution in [-0.4, -0.2) is 0 Å². The lowest BCUT2D eigenvalue weighted by molar-refractivity contribution is 0.793. The van der Waals surface area contributed by atoms with Crippen LogP contribution >= 0.6 is 11.3 Å². The first-order valence-electron chi connectivity index (χ1n) is 24.6. The van der Waals surface area contributed by atoms with E-state index in [1.165, 1.54) is 125 Å². The highest BCUT2D eigenvalue weighted by Gasteiger charge is 2.51. The second-order valence-corrected chi connectivity index (χ2v) is 20.2. The minimum absolute atomic E-state index is 0.435. The number of nitrogens with zero attached hydrogens (tertiary/aromatic N) is 1. The lowest BCUT2D eigenvalue weighted by Crippen LogP contribution is -2.26. The van der Waals surface area contributed by atoms with Crippen molar-refractivity contribution in [3.8, 4) is 55.6 Å². The smallest absolute Gasteiger partial charge is 0.0726 e. The summed E-state index contributed by atoms with van der Waals surface area (Å²) in [7, 11) is 0. The van der Waals surface area contributed by atoms with Gasteiger partial charge in [0.25, 0.3) is 0 Å². The van der Waals surface area contributed by atoms with Gasteiger partial charge in [0.15, 0.2) is 0 Å². The van der Waals surface area contributed by atoms with E-state index in [-0.39, 0.29) is 0 Å². The van der Waals surface area contributed by atoms with Gasteiger partial charge in [0, 0.05) is 26.8 Å². The number of fused-ring (bicyclic) bond motifs is 15. The molecular formula is C69H43NS. The van der Waals surface area contributed by atoms with Crippen LogP contribution in [0.3, 0.4) is 0 Å². The highest BCUT2D eigenvalue weighted by Crippen LogP contribution is 2.63. The van der Waals surface area contributed by atoms with Gasteiger partial charge in [0.05, 0.1) is 15.8 Å². The average molecular weight is 918 g/mol. The van der Waals surface area contributed by atoms with Crippen molar-refractivity contribution in [1.82, 2.24) is 0 Å². The van der Waals surface area contributed by atoms with Crippen molar-refractivity contribution in [2.24, 2.45) is 0 Å². The molecule has 2 aliphatic rings. The fraction of sp³-hybridized carbons (Fsp3) is 0.0145. The number of anilines is 3. The van der Waals surface area contributed by atoms with Crippen LogP contribution < -0.4 is 4.90 Å². The Bertz CT molecular complexity index is 4230. The molecule has 0 saturated heterocycles. The molecule has 12 aromatic carbocycles. The summed E-state index contributed by atoms with van der Waals surface area (Å²) >= 11 is 1.88. The molecule has 0 bridgehead atoms. The first-order chi connectivity index (χ1) is 35.2. The molecule has 0 aliphatic heterocycles. The molecule has 1 heterocycles. The first-order valence-corrected chi connectivity index (χ1v) is 25.4. The van der Waals surface area contributed by atoms with E-state index in [2.05, 4.69) is 266 Å². The van der Waals surface area contributed by atoms with E-state index in [4.69, 9.17) is 0 Å². The Morgan fingerprint density at radius 1 is 0.282 bits per heavy atom. The van der Waals surface area contributed by atoms with Crippen LogP contribution in [0.15, 0.2) is 261 Å². The Kier molecular flexibility index (Phi) is 8.81. The van der Waals surface area contributed by atoms with Crippen molar-refractivity contribution in [2.45, 2.75) is 5.41 Å². The summed E-state index contributed by atoms with van der Waals surface area (Å²) in [6.45, 7) is 0. The van der Waals surface area contributed by atoms with Gasteiger partial charge in [-0.1, -0.05) is 206 Å². The Labute approximate surface area is 416 Å². The Hall–Kier alpha value is -8.82. The van der Waals surface area contributed by atoms with Crippen LogP contribution in [0.1, 0.15) is 22.3 Å². The van der Waals surface area contributed by atoms with Crippen LogP contribution in [0, 0.1) is 0 Å². The zero-order chi connectivity index (χ0) is 46.6. The zero-order valence-corrected chi connectivity index (χ0v) is 39.5. The van der Waals surface area contributed by atoms with Gasteiger partial charge in [-0.15, -0.1) is 11.3 Å². The minimum Gasteiger partial charge on any atom is -0.309 e. The second-order valence-electron chi connectivity index (χ2n) is 19.2. The number of thiophene rings is 1. The largest absolute Gasteiger partial charge is 0.309 e. The maximum atomic E-state index is 2.50. The maximum absolute atomic E-state index is 2.50. The van der Waals surface area contributed by atoms with Crippen LogP contribution in [0.4, 0.5) is 17.1 Å². The molecule has 0 N–H and O–H groups in total. The van der Waals surface area contributed by atoms with Crippen molar-refractivity contribution >= 4 is 70.1 Å². The number of hydrogen-bond donors (Lipinski definition) is 0. The number of benzene rings is 12. The third-order valence-electron chi connectivity index (χ3n) is 15.5. The average Bonchev–Trinajstić information content (AvgIpc) is 4.08. The van der Waals surface area contributed by atoms with Gasteiger partial charge < -0.3 is 4.90 Å². The van der Waals surface area contributed by atoms with Gasteiger partial charge in [-0.3, -0.25) is 0 Å². The van der Waals surface area contributed by atoms with E-state index < -0.39 is 5.41 Å². The van der Waals surface area contributed by atoms with E-state index in [0.29, 0.717) is 0 Å². The van der Waals surface area contributed by atoms with Gasteiger partial charge in [0.2, 0.25) is 0 Å². The zero-order valence-electron chi connectivity index (χ0n) is 38.7. The lowest BCUT2D eigenvalue weighted by Gasteiger charge is -2.32. The minimum atomic E-state index is -0.435. The normalized spacial score (nSPS) is 12.9. The van der Waals surface area contributed by atoms with E-state index in [1.54, 1.807) is 0 Å². The molecule has 2 heteroatoms. The molecule has 2 aliphatic carbocycles. The van der Waals surface area contributed by atoms with Crippen molar-refractivity contribution in [2.75, 3.05) is 4.90 Å². The van der Waals surface area contributed by atoms with Gasteiger partial charge in [-0.25, -0.2) is 0 Å². The number of rotatable bonds is 6. The molecule has 330 valence electrons. The van der Waals surface area contributed by atoms with E-state index in [0.717, 1.165) is 11.4 Å². The third-order valence-corrected chi connectivity index (χ3v) is 16.7. The summed E-state index contributed by atoms with van der Waals surface area (Å²) in [4.78, 5) is 2.50. The standard InChI is InChI=1S/C69H43NS/c1-2-13-48-40-50(29-28-44(48)12-1)53-33-32-51-41-49(30-31-52(51)42-53)47-26-24-45(25-27-47)46-34-36-54(37-35-46)70(66-22-11-18-61-60-17-6-10-23-67(60)71-68(61)66)55-38-39-59-58-16-5-9-21-64(58)69(65(59)43-55)62-19-7-3-14-56(62)57-15-4-8-20-63(57)69/h1-43H. The van der Waals surface area contributed by atoms with Crippen molar-refractivity contribution < 1.29 is 0 Å². The van der Waals surface area contributed by atoms with Crippen LogP contribution in [0.5, 0.6) is 0 Å². The Morgan fingerprint density at radius 2 is 0.718 bits per heavy atom. The summed E-state index contributed by atoms with van der Waals surface area (Å²) in [5, 5.41) is 7.59. The molecule has 0 atom stereocenters. The van der Waals surface area contributed by atoms with Gasteiger partial charge in [-0.05, 0) is 154 Å². The summed E-state index contributed by atoms with van der Waals surface area (Å²) < 4.78 is 2.58. The topological polar surface area (TPSA) is 3.24 Å². The van der Waals surface area contributed by atoms with Gasteiger partial charge in [0.1, 0.15) is 0 Å². The predicted molar refractivity (Wildman–Crippen MR) is 302 cm³/mol. The summed E-state index contributed by atoms with van der Waals surface area (Å²) in [5.41, 5.74) is 20.9. The van der Waals surface area contributed by atoms with E-state index in [9.17, 15) is 0 Å². The molecule has 0 unspecified atom stereocenters. The van der Waals surface area contributed by atoms with E-state index >= 15 is 0 Å². The SMILES string of the molecule is c1ccc2c(c1)-c1ccccc1C21c2ccccc2-c2ccc(N(c3ccc(-c4ccc(-c5ccc6cc(-c7ccc8ccccc8c7)ccc6c5)cc4)cc3)c3cccc4c3sc3ccccc34)cc21. The van der Waals surface area contributed by atoms with E-state index in [1.807, 2.05) is 11.3 Å². The van der Waals surface area contributed by atoms with Crippen LogP contribution in [-0.2, 0) is 5.41 Å². The fourth-order valence-corrected chi connectivity index (χ4v) is 13.4. The summed E-state index contributed by atoms with van der Waals surface area (Å²) in [5.74, 6) is 0. The summed E-state index contributed by atoms with van der Waals surface area (Å²) in [6.07, 6.45) is 0. The molecule has 15 rings (SSSR count). The van der Waals surface area contributed by atoms with Crippen molar-refractivity contribution in [3.05, 3.63) is 283 Å². The maximum Gasteiger partial charge on any atom is 0.0726 e. The quantitative estimate of drug-likeness (QED) is 0.161. The predicted octanol–water partition coefficient (Wildman–Crippen LogP) is 19.2. The van der Waals surface area contributed by atoms with Gasteiger partial charge >= 0.3 is 0 Å². The van der Waals surface area contributed by atoms with Gasteiger partial charge in [-0.2, -0.15) is 0 Å². The summed E-state index contributed by atoms with van der Waals surface area (Å²) in [6, 6.07) is 97.3. The Balaban J connectivity index is 0.814. The highest BCUT2D eigenvalue weighted by molar-refractivity contribution is 7.26.